The van der Waals surface area contributed by atoms with Crippen LogP contribution in [0, 0.1) is 0 Å². The van der Waals surface area contributed by atoms with Gasteiger partial charge < -0.3 is 20.3 Å². The van der Waals surface area contributed by atoms with Crippen LogP contribution in [0.2, 0.25) is 0 Å². The first kappa shape index (κ1) is 19.2. The molecule has 6 nitrogen and oxygen atoms in total. The van der Waals surface area contributed by atoms with Crippen molar-refractivity contribution >= 4 is 22.4 Å². The van der Waals surface area contributed by atoms with Gasteiger partial charge in [-0.2, -0.15) is 0 Å². The lowest BCUT2D eigenvalue weighted by Crippen LogP contribution is -2.39. The molecule has 7 heteroatoms. The Balaban J connectivity index is 1.73. The molecular formula is C18H27N5OS. The predicted molar refractivity (Wildman–Crippen MR) is 105 cm³/mol. The first-order valence-corrected chi connectivity index (χ1v) is 9.32. The Morgan fingerprint density at radius 1 is 1.24 bits per heavy atom. The zero-order valence-corrected chi connectivity index (χ0v) is 16.0. The molecule has 0 bridgehead atoms. The van der Waals surface area contributed by atoms with Crippen LogP contribution >= 0.6 is 11.3 Å². The molecule has 2 aromatic rings. The molecule has 1 heterocycles. The Bertz CT molecular complexity index is 642. The van der Waals surface area contributed by atoms with Gasteiger partial charge in [-0.25, -0.2) is 9.98 Å². The number of rotatable bonds is 9. The molecule has 2 N–H and O–H groups in total. The summed E-state index contributed by atoms with van der Waals surface area (Å²) < 4.78 is 5.68. The Labute approximate surface area is 154 Å². The van der Waals surface area contributed by atoms with Gasteiger partial charge >= 0.3 is 0 Å². The number of anilines is 1. The van der Waals surface area contributed by atoms with Crippen LogP contribution in [0.15, 0.2) is 40.7 Å². The number of aromatic nitrogens is 1. The number of hydrogen-bond acceptors (Lipinski definition) is 5. The number of ether oxygens (including phenoxy) is 1. The molecule has 0 atom stereocenters. The summed E-state index contributed by atoms with van der Waals surface area (Å²) in [6.07, 6.45) is 0. The van der Waals surface area contributed by atoms with E-state index >= 15 is 0 Å². The average Bonchev–Trinajstić information content (AvgIpc) is 3.09. The highest BCUT2D eigenvalue weighted by atomic mass is 32.1. The van der Waals surface area contributed by atoms with E-state index in [0.717, 1.165) is 23.3 Å². The van der Waals surface area contributed by atoms with E-state index in [2.05, 4.69) is 39.7 Å². The third kappa shape index (κ3) is 7.11. The average molecular weight is 362 g/mol. The van der Waals surface area contributed by atoms with Gasteiger partial charge in [0.2, 0.25) is 0 Å². The Kier molecular flexibility index (Phi) is 8.21. The maximum Gasteiger partial charge on any atom is 0.191 e. The number of aliphatic imine (C=N–C) groups is 1. The lowest BCUT2D eigenvalue weighted by atomic mass is 10.2. The number of thiazole rings is 1. The van der Waals surface area contributed by atoms with E-state index in [1.165, 1.54) is 5.56 Å². The van der Waals surface area contributed by atoms with Crippen molar-refractivity contribution in [3.63, 3.8) is 0 Å². The number of guanidine groups is 1. The number of hydrogen-bond donors (Lipinski definition) is 2. The molecule has 25 heavy (non-hydrogen) atoms. The molecule has 1 aromatic carbocycles. The monoisotopic (exact) mass is 361 g/mol. The zero-order valence-electron chi connectivity index (χ0n) is 15.2. The summed E-state index contributed by atoms with van der Waals surface area (Å²) in [7, 11) is 3.99. The highest BCUT2D eigenvalue weighted by Crippen LogP contribution is 2.18. The van der Waals surface area contributed by atoms with E-state index in [1.807, 2.05) is 42.6 Å². The molecule has 0 radical (unpaired) electrons. The van der Waals surface area contributed by atoms with Gasteiger partial charge in [-0.15, -0.1) is 11.3 Å². The maximum absolute atomic E-state index is 5.68. The molecule has 2 rings (SSSR count). The second-order valence-corrected chi connectivity index (χ2v) is 6.51. The highest BCUT2D eigenvalue weighted by Gasteiger charge is 2.04. The van der Waals surface area contributed by atoms with Gasteiger partial charge in [0, 0.05) is 32.6 Å². The third-order valence-corrected chi connectivity index (χ3v) is 4.37. The van der Waals surface area contributed by atoms with Crippen molar-refractivity contribution in [3.8, 4) is 0 Å². The van der Waals surface area contributed by atoms with Crippen LogP contribution < -0.4 is 15.5 Å². The third-order valence-electron chi connectivity index (χ3n) is 3.32. The topological polar surface area (TPSA) is 61.8 Å². The van der Waals surface area contributed by atoms with Crippen LogP contribution in [0.5, 0.6) is 0 Å². The highest BCUT2D eigenvalue weighted by molar-refractivity contribution is 7.13. The van der Waals surface area contributed by atoms with E-state index in [9.17, 15) is 0 Å². The summed E-state index contributed by atoms with van der Waals surface area (Å²) in [6, 6.07) is 10.2. The molecule has 0 aliphatic carbocycles. The minimum absolute atomic E-state index is 0.560. The molecule has 0 aliphatic rings. The Morgan fingerprint density at radius 2 is 2.04 bits per heavy atom. The van der Waals surface area contributed by atoms with Crippen molar-refractivity contribution in [2.45, 2.75) is 20.1 Å². The number of nitrogens with zero attached hydrogens (tertiary/aromatic N) is 3. The minimum atomic E-state index is 0.560. The van der Waals surface area contributed by atoms with E-state index in [0.29, 0.717) is 26.3 Å². The van der Waals surface area contributed by atoms with Gasteiger partial charge in [-0.05, 0) is 12.5 Å². The molecule has 0 spiro atoms. The van der Waals surface area contributed by atoms with E-state index in [1.54, 1.807) is 11.3 Å². The van der Waals surface area contributed by atoms with Crippen LogP contribution in [-0.2, 0) is 17.9 Å². The van der Waals surface area contributed by atoms with Gasteiger partial charge in [0.15, 0.2) is 11.1 Å². The molecule has 0 amide bonds. The zero-order chi connectivity index (χ0) is 17.9. The summed E-state index contributed by atoms with van der Waals surface area (Å²) in [6.45, 7) is 5.39. The summed E-state index contributed by atoms with van der Waals surface area (Å²) in [5.41, 5.74) is 2.16. The number of benzene rings is 1. The number of nitrogens with one attached hydrogen (secondary N) is 2. The molecule has 0 saturated carbocycles. The molecule has 136 valence electrons. The van der Waals surface area contributed by atoms with Gasteiger partial charge in [-0.3, -0.25) is 0 Å². The quantitative estimate of drug-likeness (QED) is 0.408. The lowest BCUT2D eigenvalue weighted by Gasteiger charge is -2.11. The summed E-state index contributed by atoms with van der Waals surface area (Å²) in [5, 5.41) is 9.57. The molecule has 1 aromatic heterocycles. The van der Waals surface area contributed by atoms with Crippen LogP contribution in [0.3, 0.4) is 0 Å². The van der Waals surface area contributed by atoms with Crippen LogP contribution in [-0.4, -0.2) is 44.7 Å². The van der Waals surface area contributed by atoms with E-state index in [4.69, 9.17) is 4.74 Å². The van der Waals surface area contributed by atoms with E-state index in [-0.39, 0.29) is 0 Å². The van der Waals surface area contributed by atoms with Gasteiger partial charge in [-0.1, -0.05) is 30.3 Å². The van der Waals surface area contributed by atoms with Crippen molar-refractivity contribution in [2.75, 3.05) is 38.7 Å². The Morgan fingerprint density at radius 3 is 2.72 bits per heavy atom. The largest absolute Gasteiger partial charge is 0.375 e. The van der Waals surface area contributed by atoms with Crippen molar-refractivity contribution in [1.82, 2.24) is 15.6 Å². The normalized spacial score (nSPS) is 11.4. The SMILES string of the molecule is CCNC(=NCc1csc(N(C)C)n1)NCCOCc1ccccc1. The van der Waals surface area contributed by atoms with Crippen LogP contribution in [0.1, 0.15) is 18.2 Å². The smallest absolute Gasteiger partial charge is 0.191 e. The van der Waals surface area contributed by atoms with Gasteiger partial charge in [0.05, 0.1) is 25.5 Å². The summed E-state index contributed by atoms with van der Waals surface area (Å²) in [4.78, 5) is 11.1. The predicted octanol–water partition coefficient (Wildman–Crippen LogP) is 2.48. The molecule has 0 aliphatic heterocycles. The van der Waals surface area contributed by atoms with Gasteiger partial charge in [0.25, 0.3) is 0 Å². The van der Waals surface area contributed by atoms with Crippen LogP contribution in [0.4, 0.5) is 5.13 Å². The van der Waals surface area contributed by atoms with E-state index < -0.39 is 0 Å². The second kappa shape index (κ2) is 10.7. The standard InChI is InChI=1S/C18H27N5OS/c1-4-19-17(21-12-16-14-25-18(22-16)23(2)3)20-10-11-24-13-15-8-6-5-7-9-15/h5-9,14H,4,10-13H2,1-3H3,(H2,19,20,21). The minimum Gasteiger partial charge on any atom is -0.375 e. The maximum atomic E-state index is 5.68. The van der Waals surface area contributed by atoms with Crippen molar-refractivity contribution in [1.29, 1.82) is 0 Å². The summed E-state index contributed by atoms with van der Waals surface area (Å²) in [5.74, 6) is 0.783. The van der Waals surface area contributed by atoms with Crippen LogP contribution in [0.25, 0.3) is 0 Å². The van der Waals surface area contributed by atoms with Crippen molar-refractivity contribution in [3.05, 3.63) is 47.0 Å². The molecule has 0 fully saturated rings. The fourth-order valence-corrected chi connectivity index (χ4v) is 2.83. The first-order chi connectivity index (χ1) is 12.2. The van der Waals surface area contributed by atoms with Crippen molar-refractivity contribution < 1.29 is 4.74 Å². The summed E-state index contributed by atoms with van der Waals surface area (Å²) >= 11 is 1.63. The van der Waals surface area contributed by atoms with Crippen molar-refractivity contribution in [2.24, 2.45) is 4.99 Å². The van der Waals surface area contributed by atoms with Gasteiger partial charge in [0.1, 0.15) is 0 Å². The fourth-order valence-electron chi connectivity index (χ4n) is 2.08. The second-order valence-electron chi connectivity index (χ2n) is 5.68. The molecule has 0 saturated heterocycles. The Hall–Kier alpha value is -2.12. The molecular weight excluding hydrogens is 334 g/mol. The fraction of sp³-hybridized carbons (Fsp3) is 0.444. The lowest BCUT2D eigenvalue weighted by molar-refractivity contribution is 0.125. The first-order valence-electron chi connectivity index (χ1n) is 8.44. The molecule has 0 unspecified atom stereocenters.